The van der Waals surface area contributed by atoms with Crippen molar-refractivity contribution in [3.63, 3.8) is 0 Å². The van der Waals surface area contributed by atoms with Crippen molar-refractivity contribution in [2.75, 3.05) is 0 Å². The van der Waals surface area contributed by atoms with Gasteiger partial charge in [0.1, 0.15) is 12.4 Å². The number of pyridine rings is 1. The molecule has 3 heteroatoms. The summed E-state index contributed by atoms with van der Waals surface area (Å²) < 4.78 is 5.82. The van der Waals surface area contributed by atoms with Crippen molar-refractivity contribution < 1.29 is 4.74 Å². The SMILES string of the molecule is Cc1cccc(COc2cccc(CNC3CC3)c2)n1. The summed E-state index contributed by atoms with van der Waals surface area (Å²) in [6.45, 7) is 3.43. The molecule has 1 N–H and O–H groups in total. The molecule has 104 valence electrons. The van der Waals surface area contributed by atoms with Crippen molar-refractivity contribution in [1.82, 2.24) is 10.3 Å². The first-order chi connectivity index (χ1) is 9.79. The van der Waals surface area contributed by atoms with Gasteiger partial charge in [-0.25, -0.2) is 0 Å². The summed E-state index contributed by atoms with van der Waals surface area (Å²) >= 11 is 0. The highest BCUT2D eigenvalue weighted by Crippen LogP contribution is 2.20. The lowest BCUT2D eigenvalue weighted by molar-refractivity contribution is 0.300. The lowest BCUT2D eigenvalue weighted by Crippen LogP contribution is -2.15. The molecule has 0 unspecified atom stereocenters. The van der Waals surface area contributed by atoms with E-state index in [-0.39, 0.29) is 0 Å². The molecule has 0 amide bonds. The molecular formula is C17H20N2O. The van der Waals surface area contributed by atoms with Crippen LogP contribution in [0.15, 0.2) is 42.5 Å². The number of benzene rings is 1. The number of nitrogens with one attached hydrogen (secondary N) is 1. The third-order valence-corrected chi connectivity index (χ3v) is 3.40. The van der Waals surface area contributed by atoms with Gasteiger partial charge in [-0.1, -0.05) is 18.2 Å². The van der Waals surface area contributed by atoms with E-state index >= 15 is 0 Å². The van der Waals surface area contributed by atoms with Gasteiger partial charge in [-0.2, -0.15) is 0 Å². The van der Waals surface area contributed by atoms with Crippen LogP contribution in [-0.4, -0.2) is 11.0 Å². The molecule has 2 aromatic rings. The van der Waals surface area contributed by atoms with Crippen LogP contribution in [0.25, 0.3) is 0 Å². The lowest BCUT2D eigenvalue weighted by Gasteiger charge is -2.08. The lowest BCUT2D eigenvalue weighted by atomic mass is 10.2. The molecule has 3 rings (SSSR count). The monoisotopic (exact) mass is 268 g/mol. The van der Waals surface area contributed by atoms with E-state index in [0.29, 0.717) is 6.61 Å². The van der Waals surface area contributed by atoms with Gasteiger partial charge in [0.2, 0.25) is 0 Å². The summed E-state index contributed by atoms with van der Waals surface area (Å²) in [6, 6.07) is 15.0. The predicted octanol–water partition coefficient (Wildman–Crippen LogP) is 3.22. The van der Waals surface area contributed by atoms with Crippen LogP contribution in [0.5, 0.6) is 5.75 Å². The maximum Gasteiger partial charge on any atom is 0.130 e. The second-order valence-electron chi connectivity index (χ2n) is 5.36. The second-order valence-corrected chi connectivity index (χ2v) is 5.36. The van der Waals surface area contributed by atoms with E-state index in [1.54, 1.807) is 0 Å². The Balaban J connectivity index is 1.57. The van der Waals surface area contributed by atoms with Gasteiger partial charge in [-0.15, -0.1) is 0 Å². The molecule has 1 saturated carbocycles. The Morgan fingerprint density at radius 1 is 1.20 bits per heavy atom. The number of hydrogen-bond acceptors (Lipinski definition) is 3. The Morgan fingerprint density at radius 2 is 2.05 bits per heavy atom. The molecule has 3 nitrogen and oxygen atoms in total. The minimum Gasteiger partial charge on any atom is -0.487 e. The normalized spacial score (nSPS) is 14.2. The first-order valence-electron chi connectivity index (χ1n) is 7.17. The van der Waals surface area contributed by atoms with Crippen molar-refractivity contribution in [1.29, 1.82) is 0 Å². The molecule has 20 heavy (non-hydrogen) atoms. The van der Waals surface area contributed by atoms with Crippen LogP contribution >= 0.6 is 0 Å². The number of aromatic nitrogens is 1. The van der Waals surface area contributed by atoms with E-state index in [1.165, 1.54) is 18.4 Å². The van der Waals surface area contributed by atoms with Crippen molar-refractivity contribution in [3.8, 4) is 5.75 Å². The summed E-state index contributed by atoms with van der Waals surface area (Å²) in [5.41, 5.74) is 3.26. The van der Waals surface area contributed by atoms with E-state index in [2.05, 4.69) is 22.4 Å². The molecule has 1 heterocycles. The van der Waals surface area contributed by atoms with Gasteiger partial charge in [0.25, 0.3) is 0 Å². The van der Waals surface area contributed by atoms with Crippen LogP contribution in [0.3, 0.4) is 0 Å². The van der Waals surface area contributed by atoms with E-state index < -0.39 is 0 Å². The molecule has 0 atom stereocenters. The Labute approximate surface area is 120 Å². The van der Waals surface area contributed by atoms with Crippen LogP contribution in [0.4, 0.5) is 0 Å². The predicted molar refractivity (Wildman–Crippen MR) is 79.6 cm³/mol. The van der Waals surface area contributed by atoms with E-state index in [4.69, 9.17) is 4.74 Å². The number of hydrogen-bond donors (Lipinski definition) is 1. The van der Waals surface area contributed by atoms with Crippen molar-refractivity contribution >= 4 is 0 Å². The molecule has 0 radical (unpaired) electrons. The van der Waals surface area contributed by atoms with Gasteiger partial charge in [0, 0.05) is 18.3 Å². The maximum absolute atomic E-state index is 5.82. The van der Waals surface area contributed by atoms with Crippen LogP contribution in [0, 0.1) is 6.92 Å². The van der Waals surface area contributed by atoms with Gasteiger partial charge in [-0.3, -0.25) is 4.98 Å². The first-order valence-corrected chi connectivity index (χ1v) is 7.17. The number of nitrogens with zero attached hydrogens (tertiary/aromatic N) is 1. The van der Waals surface area contributed by atoms with Crippen LogP contribution in [0.1, 0.15) is 29.8 Å². The van der Waals surface area contributed by atoms with Gasteiger partial charge in [0.15, 0.2) is 0 Å². The third-order valence-electron chi connectivity index (χ3n) is 3.40. The molecule has 1 fully saturated rings. The molecule has 0 aliphatic heterocycles. The summed E-state index contributed by atoms with van der Waals surface area (Å²) in [5.74, 6) is 0.906. The average molecular weight is 268 g/mol. The molecule has 1 aromatic carbocycles. The smallest absolute Gasteiger partial charge is 0.130 e. The zero-order chi connectivity index (χ0) is 13.8. The summed E-state index contributed by atoms with van der Waals surface area (Å²) in [4.78, 5) is 4.44. The molecule has 0 bridgehead atoms. The van der Waals surface area contributed by atoms with E-state index in [0.717, 1.165) is 29.7 Å². The van der Waals surface area contributed by atoms with Gasteiger partial charge >= 0.3 is 0 Å². The summed E-state index contributed by atoms with van der Waals surface area (Å²) in [6.07, 6.45) is 2.63. The van der Waals surface area contributed by atoms with Crippen LogP contribution in [0.2, 0.25) is 0 Å². The minimum atomic E-state index is 0.515. The first kappa shape index (κ1) is 13.1. The zero-order valence-corrected chi connectivity index (χ0v) is 11.8. The Bertz CT molecular complexity index is 579. The fourth-order valence-corrected chi connectivity index (χ4v) is 2.13. The second kappa shape index (κ2) is 6.06. The third kappa shape index (κ3) is 3.81. The van der Waals surface area contributed by atoms with Crippen molar-refractivity contribution in [2.24, 2.45) is 0 Å². The highest BCUT2D eigenvalue weighted by molar-refractivity contribution is 5.28. The topological polar surface area (TPSA) is 34.1 Å². The summed E-state index contributed by atoms with van der Waals surface area (Å²) in [5, 5.41) is 3.51. The van der Waals surface area contributed by atoms with Crippen molar-refractivity contribution in [3.05, 3.63) is 59.4 Å². The largest absolute Gasteiger partial charge is 0.487 e. The van der Waals surface area contributed by atoms with Gasteiger partial charge in [0.05, 0.1) is 5.69 Å². The van der Waals surface area contributed by atoms with Crippen molar-refractivity contribution in [2.45, 2.75) is 39.0 Å². The maximum atomic E-state index is 5.82. The highest BCUT2D eigenvalue weighted by atomic mass is 16.5. The Hall–Kier alpha value is -1.87. The minimum absolute atomic E-state index is 0.515. The number of rotatable bonds is 6. The number of aryl methyl sites for hydroxylation is 1. The highest BCUT2D eigenvalue weighted by Gasteiger charge is 2.19. The van der Waals surface area contributed by atoms with E-state index in [1.807, 2.05) is 37.3 Å². The van der Waals surface area contributed by atoms with Gasteiger partial charge < -0.3 is 10.1 Å². The van der Waals surface area contributed by atoms with Gasteiger partial charge in [-0.05, 0) is 49.6 Å². The molecular weight excluding hydrogens is 248 g/mol. The zero-order valence-electron chi connectivity index (χ0n) is 11.8. The quantitative estimate of drug-likeness (QED) is 0.873. The van der Waals surface area contributed by atoms with E-state index in [9.17, 15) is 0 Å². The molecule has 1 aliphatic carbocycles. The molecule has 0 spiro atoms. The standard InChI is InChI=1S/C17H20N2O/c1-13-4-2-6-16(19-13)12-20-17-7-3-5-14(10-17)11-18-15-8-9-15/h2-7,10,15,18H,8-9,11-12H2,1H3. The average Bonchev–Trinajstić information content (AvgIpc) is 3.28. The van der Waals surface area contributed by atoms with Crippen LogP contribution < -0.4 is 10.1 Å². The molecule has 1 aliphatic rings. The van der Waals surface area contributed by atoms with Crippen LogP contribution in [-0.2, 0) is 13.2 Å². The fourth-order valence-electron chi connectivity index (χ4n) is 2.13. The summed E-state index contributed by atoms with van der Waals surface area (Å²) in [7, 11) is 0. The molecule has 0 saturated heterocycles. The number of ether oxygens (including phenoxy) is 1. The Morgan fingerprint density at radius 3 is 2.85 bits per heavy atom. The fraction of sp³-hybridized carbons (Fsp3) is 0.353. The Kier molecular flexibility index (Phi) is 3.97. The molecule has 1 aromatic heterocycles.